The number of likely N-dealkylation sites (tertiary alicyclic amines) is 1. The molecule has 0 spiro atoms. The molecule has 2 amide bonds. The number of carbonyl (C=O) groups excluding carboxylic acids is 1. The highest BCUT2D eigenvalue weighted by Crippen LogP contribution is 2.37. The summed E-state index contributed by atoms with van der Waals surface area (Å²) in [6.45, 7) is 5.60. The van der Waals surface area contributed by atoms with Gasteiger partial charge in [0.05, 0.1) is 0 Å². The summed E-state index contributed by atoms with van der Waals surface area (Å²) in [6.07, 6.45) is 4.38. The predicted octanol–water partition coefficient (Wildman–Crippen LogP) is 5.69. The van der Waals surface area contributed by atoms with Gasteiger partial charge in [-0.25, -0.2) is 4.79 Å². The lowest BCUT2D eigenvalue weighted by Crippen LogP contribution is -2.43. The van der Waals surface area contributed by atoms with Gasteiger partial charge in [0.2, 0.25) is 0 Å². The van der Waals surface area contributed by atoms with E-state index in [1.54, 1.807) is 0 Å². The van der Waals surface area contributed by atoms with Crippen molar-refractivity contribution in [2.24, 2.45) is 5.92 Å². The Morgan fingerprint density at radius 3 is 2.06 bits per heavy atom. The molecule has 1 saturated heterocycles. The highest BCUT2D eigenvalue weighted by Gasteiger charge is 2.28. The molecule has 0 aromatic heterocycles. The van der Waals surface area contributed by atoms with Gasteiger partial charge in [-0.05, 0) is 73.5 Å². The number of benzene rings is 3. The molecular formula is C31H37N3O. The number of carbonyl (C=O) groups is 1. The third kappa shape index (κ3) is 5.94. The van der Waals surface area contributed by atoms with E-state index in [1.165, 1.54) is 35.1 Å². The first kappa shape index (κ1) is 23.6. The zero-order valence-electron chi connectivity index (χ0n) is 20.6. The zero-order valence-corrected chi connectivity index (χ0v) is 20.6. The first-order valence-corrected chi connectivity index (χ1v) is 13.2. The molecule has 4 heteroatoms. The van der Waals surface area contributed by atoms with Gasteiger partial charge in [0.25, 0.3) is 0 Å². The van der Waals surface area contributed by atoms with Crippen molar-refractivity contribution in [3.05, 3.63) is 107 Å². The first-order chi connectivity index (χ1) is 17.3. The fraction of sp³-hybridized carbons (Fsp3) is 0.387. The summed E-state index contributed by atoms with van der Waals surface area (Å²) in [6, 6.07) is 30.5. The Hall–Kier alpha value is -3.11. The Balaban J connectivity index is 1.07. The van der Waals surface area contributed by atoms with Crippen molar-refractivity contribution >= 4 is 6.03 Å². The van der Waals surface area contributed by atoms with Gasteiger partial charge in [-0.15, -0.1) is 0 Å². The van der Waals surface area contributed by atoms with Gasteiger partial charge in [-0.2, -0.15) is 0 Å². The van der Waals surface area contributed by atoms with E-state index < -0.39 is 0 Å². The molecule has 35 heavy (non-hydrogen) atoms. The molecule has 0 atom stereocenters. The maximum atomic E-state index is 12.6. The summed E-state index contributed by atoms with van der Waals surface area (Å²) in [7, 11) is 0. The van der Waals surface area contributed by atoms with Crippen LogP contribution < -0.4 is 5.32 Å². The maximum Gasteiger partial charge on any atom is 0.317 e. The van der Waals surface area contributed by atoms with Gasteiger partial charge in [0.15, 0.2) is 0 Å². The lowest BCUT2D eigenvalue weighted by molar-refractivity contribution is 0.171. The van der Waals surface area contributed by atoms with Gasteiger partial charge in [0.1, 0.15) is 0 Å². The Labute approximate surface area is 210 Å². The molecule has 1 N–H and O–H groups in total. The zero-order chi connectivity index (χ0) is 23.9. The summed E-state index contributed by atoms with van der Waals surface area (Å²) >= 11 is 0. The molecule has 2 heterocycles. The molecule has 0 bridgehead atoms. The monoisotopic (exact) mass is 467 g/mol. The largest absolute Gasteiger partial charge is 0.338 e. The second-order valence-corrected chi connectivity index (χ2v) is 10.0. The van der Waals surface area contributed by atoms with Crippen LogP contribution in [0, 0.1) is 5.92 Å². The number of urea groups is 1. The standard InChI is InChI=1S/C31H37N3O/c35-31(34-23-18-25-10-7-8-15-29(25)24-34)32-19-9-20-33-21-16-28(17-22-33)30(26-11-3-1-4-12-26)27-13-5-2-6-14-27/h1-8,10-15,28,30H,9,16-24H2,(H,32,35). The van der Waals surface area contributed by atoms with Crippen molar-refractivity contribution in [2.45, 2.75) is 38.1 Å². The van der Waals surface area contributed by atoms with Crippen LogP contribution in [0.1, 0.15) is 47.4 Å². The summed E-state index contributed by atoms with van der Waals surface area (Å²) in [4.78, 5) is 17.2. The summed E-state index contributed by atoms with van der Waals surface area (Å²) in [5.41, 5.74) is 5.52. The van der Waals surface area contributed by atoms with Gasteiger partial charge in [-0.3, -0.25) is 0 Å². The molecular weight excluding hydrogens is 430 g/mol. The van der Waals surface area contributed by atoms with E-state index >= 15 is 0 Å². The van der Waals surface area contributed by atoms with Crippen LogP contribution in [-0.2, 0) is 13.0 Å². The first-order valence-electron chi connectivity index (χ1n) is 13.2. The smallest absolute Gasteiger partial charge is 0.317 e. The fourth-order valence-electron chi connectivity index (χ4n) is 5.85. The van der Waals surface area contributed by atoms with Crippen LogP contribution in [0.5, 0.6) is 0 Å². The molecule has 0 saturated carbocycles. The summed E-state index contributed by atoms with van der Waals surface area (Å²) < 4.78 is 0. The van der Waals surface area contributed by atoms with E-state index in [0.717, 1.165) is 52.1 Å². The van der Waals surface area contributed by atoms with Gasteiger partial charge in [-0.1, -0.05) is 84.9 Å². The van der Waals surface area contributed by atoms with Crippen LogP contribution in [0.4, 0.5) is 4.79 Å². The number of hydrogen-bond donors (Lipinski definition) is 1. The van der Waals surface area contributed by atoms with Crippen molar-refractivity contribution in [1.82, 2.24) is 15.1 Å². The minimum Gasteiger partial charge on any atom is -0.338 e. The average Bonchev–Trinajstić information content (AvgIpc) is 2.93. The van der Waals surface area contributed by atoms with Gasteiger partial charge < -0.3 is 15.1 Å². The maximum absolute atomic E-state index is 12.6. The lowest BCUT2D eigenvalue weighted by atomic mass is 9.76. The molecule has 3 aromatic carbocycles. The Bertz CT molecular complexity index is 1040. The molecule has 2 aliphatic rings. The van der Waals surface area contributed by atoms with Crippen LogP contribution in [0.2, 0.25) is 0 Å². The van der Waals surface area contributed by atoms with E-state index in [1.807, 2.05) is 4.90 Å². The van der Waals surface area contributed by atoms with Crippen LogP contribution in [0.3, 0.4) is 0 Å². The number of hydrogen-bond acceptors (Lipinski definition) is 2. The summed E-state index contributed by atoms with van der Waals surface area (Å²) in [5.74, 6) is 1.13. The third-order valence-corrected chi connectivity index (χ3v) is 7.77. The molecule has 5 rings (SSSR count). The molecule has 2 aliphatic heterocycles. The quantitative estimate of drug-likeness (QED) is 0.453. The van der Waals surface area contributed by atoms with Crippen molar-refractivity contribution in [3.63, 3.8) is 0 Å². The summed E-state index contributed by atoms with van der Waals surface area (Å²) in [5, 5.41) is 3.15. The van der Waals surface area contributed by atoms with Crippen LogP contribution >= 0.6 is 0 Å². The number of piperidine rings is 1. The number of fused-ring (bicyclic) bond motifs is 1. The van der Waals surface area contributed by atoms with E-state index in [9.17, 15) is 4.79 Å². The van der Waals surface area contributed by atoms with Crippen LogP contribution in [0.25, 0.3) is 0 Å². The minimum absolute atomic E-state index is 0.0757. The minimum atomic E-state index is 0.0757. The number of nitrogens with zero attached hydrogens (tertiary/aromatic N) is 2. The SMILES string of the molecule is O=C(NCCCN1CCC(C(c2ccccc2)c2ccccc2)CC1)N1CCc2ccccc2C1. The Morgan fingerprint density at radius 2 is 1.40 bits per heavy atom. The Kier molecular flexibility index (Phi) is 7.79. The van der Waals surface area contributed by atoms with Gasteiger partial charge in [0, 0.05) is 25.6 Å². The highest BCUT2D eigenvalue weighted by molar-refractivity contribution is 5.74. The van der Waals surface area contributed by atoms with E-state index in [0.29, 0.717) is 11.8 Å². The predicted molar refractivity (Wildman–Crippen MR) is 142 cm³/mol. The van der Waals surface area contributed by atoms with Crippen molar-refractivity contribution in [1.29, 1.82) is 0 Å². The van der Waals surface area contributed by atoms with Crippen LogP contribution in [0.15, 0.2) is 84.9 Å². The number of rotatable bonds is 7. The van der Waals surface area contributed by atoms with Crippen molar-refractivity contribution in [2.75, 3.05) is 32.7 Å². The number of nitrogens with one attached hydrogen (secondary N) is 1. The molecule has 4 nitrogen and oxygen atoms in total. The van der Waals surface area contributed by atoms with Crippen molar-refractivity contribution < 1.29 is 4.79 Å². The molecule has 1 fully saturated rings. The normalized spacial score (nSPS) is 16.8. The second kappa shape index (κ2) is 11.5. The number of amides is 2. The van der Waals surface area contributed by atoms with E-state index in [4.69, 9.17) is 0 Å². The third-order valence-electron chi connectivity index (χ3n) is 7.77. The Morgan fingerprint density at radius 1 is 0.800 bits per heavy atom. The molecule has 3 aromatic rings. The van der Waals surface area contributed by atoms with Gasteiger partial charge >= 0.3 is 6.03 Å². The molecule has 0 aliphatic carbocycles. The highest BCUT2D eigenvalue weighted by atomic mass is 16.2. The second-order valence-electron chi connectivity index (χ2n) is 10.0. The van der Waals surface area contributed by atoms with E-state index in [-0.39, 0.29) is 6.03 Å². The molecule has 182 valence electrons. The molecule has 0 unspecified atom stereocenters. The fourth-order valence-corrected chi connectivity index (χ4v) is 5.85. The van der Waals surface area contributed by atoms with Crippen molar-refractivity contribution in [3.8, 4) is 0 Å². The van der Waals surface area contributed by atoms with E-state index in [2.05, 4.69) is 95.1 Å². The van der Waals surface area contributed by atoms with Crippen LogP contribution in [-0.4, -0.2) is 48.6 Å². The topological polar surface area (TPSA) is 35.6 Å². The lowest BCUT2D eigenvalue weighted by Gasteiger charge is -2.36. The average molecular weight is 468 g/mol. The molecule has 0 radical (unpaired) electrons.